The van der Waals surface area contributed by atoms with Crippen LogP contribution >= 0.6 is 7.37 Å². The Labute approximate surface area is 145 Å². The van der Waals surface area contributed by atoms with Crippen molar-refractivity contribution in [1.82, 2.24) is 0 Å². The fourth-order valence-electron chi connectivity index (χ4n) is 1.19. The van der Waals surface area contributed by atoms with E-state index in [4.69, 9.17) is 26.6 Å². The molecule has 0 spiro atoms. The van der Waals surface area contributed by atoms with E-state index in [-0.39, 0.29) is 12.8 Å². The van der Waals surface area contributed by atoms with E-state index >= 15 is 0 Å². The van der Waals surface area contributed by atoms with Gasteiger partial charge >= 0.3 is 11.9 Å². The number of carboxylic acids is 2. The molecule has 9 heteroatoms. The summed E-state index contributed by atoms with van der Waals surface area (Å²) in [4.78, 5) is 28.2. The van der Waals surface area contributed by atoms with Gasteiger partial charge in [0.15, 0.2) is 7.37 Å². The van der Waals surface area contributed by atoms with Crippen LogP contribution in [0.4, 0.5) is 0 Å². The molecule has 1 unspecified atom stereocenters. The summed E-state index contributed by atoms with van der Waals surface area (Å²) in [5.74, 6) is -1.43. The molecule has 1 atom stereocenters. The summed E-state index contributed by atoms with van der Waals surface area (Å²) in [6, 6.07) is 0. The number of hydrogen-bond donors (Lipinski definition) is 5. The average molecular weight is 370 g/mol. The van der Waals surface area contributed by atoms with Gasteiger partial charge in [0.2, 0.25) is 0 Å². The first-order valence-electron chi connectivity index (χ1n) is 8.23. The molecular weight excluding hydrogens is 335 g/mol. The van der Waals surface area contributed by atoms with Crippen LogP contribution in [0.3, 0.4) is 0 Å². The molecular formula is C15H35N2O6P. The number of carboxylic acid groups (broad SMARTS) is 2. The van der Waals surface area contributed by atoms with Crippen molar-refractivity contribution in [3.05, 3.63) is 0 Å². The highest BCUT2D eigenvalue weighted by molar-refractivity contribution is 7.57. The van der Waals surface area contributed by atoms with Crippen molar-refractivity contribution in [2.24, 2.45) is 11.5 Å². The van der Waals surface area contributed by atoms with E-state index in [1.54, 1.807) is 6.92 Å². The zero-order chi connectivity index (χ0) is 19.4. The lowest BCUT2D eigenvalue weighted by Gasteiger charge is -1.94. The molecule has 0 aromatic carbocycles. The lowest BCUT2D eigenvalue weighted by Crippen LogP contribution is -1.99. The maximum absolute atomic E-state index is 10.1. The minimum atomic E-state index is -2.65. The lowest BCUT2D eigenvalue weighted by atomic mass is 10.2. The molecule has 0 aromatic rings. The largest absolute Gasteiger partial charge is 0.481 e. The molecule has 7 N–H and O–H groups in total. The third-order valence-electron chi connectivity index (χ3n) is 2.78. The van der Waals surface area contributed by atoms with Gasteiger partial charge in [-0.2, -0.15) is 0 Å². The summed E-state index contributed by atoms with van der Waals surface area (Å²) in [5.41, 5.74) is 10.4. The molecule has 0 aliphatic heterocycles. The van der Waals surface area contributed by atoms with Gasteiger partial charge in [-0.05, 0) is 38.8 Å². The number of carbonyl (C=O) groups is 2. The van der Waals surface area contributed by atoms with Crippen LogP contribution in [0, 0.1) is 0 Å². The van der Waals surface area contributed by atoms with Crippen LogP contribution in [0.15, 0.2) is 0 Å². The average Bonchev–Trinajstić information content (AvgIpc) is 2.48. The van der Waals surface area contributed by atoms with Crippen LogP contribution in [-0.2, 0) is 14.2 Å². The molecule has 0 aliphatic carbocycles. The Morgan fingerprint density at radius 2 is 1.12 bits per heavy atom. The zero-order valence-electron chi connectivity index (χ0n) is 14.9. The Hall–Kier alpha value is -0.950. The van der Waals surface area contributed by atoms with Crippen molar-refractivity contribution in [3.8, 4) is 0 Å². The van der Waals surface area contributed by atoms with Gasteiger partial charge in [0, 0.05) is 25.7 Å². The van der Waals surface area contributed by atoms with Gasteiger partial charge in [-0.3, -0.25) is 14.2 Å². The van der Waals surface area contributed by atoms with E-state index in [1.165, 1.54) is 6.66 Å². The molecule has 0 aliphatic rings. The smallest absolute Gasteiger partial charge is 0.303 e. The molecule has 0 rings (SSSR count). The second-order valence-electron chi connectivity index (χ2n) is 5.35. The molecule has 0 fully saturated rings. The van der Waals surface area contributed by atoms with Crippen molar-refractivity contribution in [2.45, 2.75) is 58.3 Å². The molecule has 0 saturated carbocycles. The number of aliphatic carboxylic acids is 2. The highest BCUT2D eigenvalue weighted by Gasteiger charge is 2.01. The van der Waals surface area contributed by atoms with E-state index in [0.29, 0.717) is 19.3 Å². The molecule has 0 saturated heterocycles. The SMILES string of the molecule is CCP(C)(=O)O.NCCCCCC(=O)O.NCCCCCC(=O)O. The zero-order valence-corrected chi connectivity index (χ0v) is 15.8. The van der Waals surface area contributed by atoms with Crippen LogP contribution < -0.4 is 11.5 Å². The minimum Gasteiger partial charge on any atom is -0.481 e. The summed E-state index contributed by atoms with van der Waals surface area (Å²) in [6.07, 6.45) is 6.19. The molecule has 146 valence electrons. The first-order valence-corrected chi connectivity index (χ1v) is 10.5. The number of rotatable bonds is 11. The van der Waals surface area contributed by atoms with E-state index < -0.39 is 19.3 Å². The third-order valence-corrected chi connectivity index (χ3v) is 3.95. The standard InChI is InChI=1S/2C6H13NO2.C3H9O2P/c2*7-5-3-1-2-4-6(8)9;1-3-6(2,4)5/h2*1-5,7H2,(H,8,9);3H2,1-2H3,(H,4,5). The van der Waals surface area contributed by atoms with Crippen molar-refractivity contribution in [3.63, 3.8) is 0 Å². The van der Waals surface area contributed by atoms with Crippen LogP contribution in [0.1, 0.15) is 58.3 Å². The highest BCUT2D eigenvalue weighted by atomic mass is 31.2. The summed E-state index contributed by atoms with van der Waals surface area (Å²) >= 11 is 0. The number of hydrogen-bond acceptors (Lipinski definition) is 5. The first-order chi connectivity index (χ1) is 11.1. The Morgan fingerprint density at radius 3 is 1.29 bits per heavy atom. The molecule has 8 nitrogen and oxygen atoms in total. The summed E-state index contributed by atoms with van der Waals surface area (Å²) < 4.78 is 10.1. The van der Waals surface area contributed by atoms with Gasteiger partial charge in [0.05, 0.1) is 0 Å². The van der Waals surface area contributed by atoms with E-state index in [9.17, 15) is 14.2 Å². The van der Waals surface area contributed by atoms with E-state index in [2.05, 4.69) is 0 Å². The monoisotopic (exact) mass is 370 g/mol. The van der Waals surface area contributed by atoms with Gasteiger partial charge in [-0.15, -0.1) is 0 Å². The predicted octanol–water partition coefficient (Wildman–Crippen LogP) is 2.09. The Bertz CT molecular complexity index is 325. The molecule has 0 bridgehead atoms. The predicted molar refractivity (Wildman–Crippen MR) is 96.6 cm³/mol. The van der Waals surface area contributed by atoms with E-state index in [0.717, 1.165) is 38.5 Å². The number of nitrogens with two attached hydrogens (primary N) is 2. The van der Waals surface area contributed by atoms with Gasteiger partial charge in [0.25, 0.3) is 0 Å². The molecule has 0 radical (unpaired) electrons. The highest BCUT2D eigenvalue weighted by Crippen LogP contribution is 2.33. The van der Waals surface area contributed by atoms with Gasteiger partial charge in [0.1, 0.15) is 0 Å². The second-order valence-corrected chi connectivity index (χ2v) is 8.09. The maximum atomic E-state index is 10.1. The maximum Gasteiger partial charge on any atom is 0.303 e. The quantitative estimate of drug-likeness (QED) is 0.272. The summed E-state index contributed by atoms with van der Waals surface area (Å²) in [7, 11) is -2.65. The normalized spacial score (nSPS) is 12.0. The Morgan fingerprint density at radius 1 is 0.833 bits per heavy atom. The fourth-order valence-corrected chi connectivity index (χ4v) is 1.19. The lowest BCUT2D eigenvalue weighted by molar-refractivity contribution is -0.138. The third kappa shape index (κ3) is 42.9. The van der Waals surface area contributed by atoms with Crippen LogP contribution in [-0.4, -0.2) is 53.0 Å². The van der Waals surface area contributed by atoms with E-state index in [1.807, 2.05) is 0 Å². The molecule has 0 aromatic heterocycles. The van der Waals surface area contributed by atoms with Gasteiger partial charge < -0.3 is 26.6 Å². The first kappa shape index (κ1) is 27.9. The second kappa shape index (κ2) is 20.1. The minimum absolute atomic E-state index is 0.278. The molecule has 0 heterocycles. The van der Waals surface area contributed by atoms with Crippen LogP contribution in [0.25, 0.3) is 0 Å². The summed E-state index contributed by atoms with van der Waals surface area (Å²) in [5, 5.41) is 16.4. The van der Waals surface area contributed by atoms with Gasteiger partial charge in [-0.1, -0.05) is 19.8 Å². The fraction of sp³-hybridized carbons (Fsp3) is 0.867. The van der Waals surface area contributed by atoms with Crippen molar-refractivity contribution in [1.29, 1.82) is 0 Å². The Kier molecular flexibility index (Phi) is 23.3. The summed E-state index contributed by atoms with van der Waals surface area (Å²) in [6.45, 7) is 4.38. The van der Waals surface area contributed by atoms with Crippen molar-refractivity contribution < 1.29 is 29.3 Å². The molecule has 24 heavy (non-hydrogen) atoms. The van der Waals surface area contributed by atoms with Gasteiger partial charge in [-0.25, -0.2) is 0 Å². The number of unbranched alkanes of at least 4 members (excludes halogenated alkanes) is 4. The Balaban J connectivity index is -0.000000282. The molecule has 0 amide bonds. The van der Waals surface area contributed by atoms with Crippen LogP contribution in [0.5, 0.6) is 0 Å². The van der Waals surface area contributed by atoms with Crippen molar-refractivity contribution >= 4 is 19.3 Å². The van der Waals surface area contributed by atoms with Crippen molar-refractivity contribution in [2.75, 3.05) is 25.9 Å². The topological polar surface area (TPSA) is 164 Å². The van der Waals surface area contributed by atoms with Crippen LogP contribution in [0.2, 0.25) is 0 Å².